The summed E-state index contributed by atoms with van der Waals surface area (Å²) in [6.45, 7) is 5.59. The van der Waals surface area contributed by atoms with Gasteiger partial charge in [0.2, 0.25) is 0 Å². The van der Waals surface area contributed by atoms with E-state index < -0.39 is 0 Å². The van der Waals surface area contributed by atoms with Crippen LogP contribution in [0.15, 0.2) is 12.4 Å². The number of likely N-dealkylation sites (N-methyl/N-ethyl adjacent to an activating group) is 1. The maximum Gasteiger partial charge on any atom is 0.110 e. The molecule has 4 heteroatoms. The lowest BCUT2D eigenvalue weighted by Crippen LogP contribution is -2.36. The van der Waals surface area contributed by atoms with E-state index >= 15 is 0 Å². The Hall–Kier alpha value is -0.480. The summed E-state index contributed by atoms with van der Waals surface area (Å²) in [5, 5.41) is 3.43. The number of rotatable bonds is 8. The second-order valence-electron chi connectivity index (χ2n) is 4.57. The summed E-state index contributed by atoms with van der Waals surface area (Å²) >= 11 is 1.91. The second kappa shape index (κ2) is 7.77. The topological polar surface area (TPSA) is 29.9 Å². The van der Waals surface area contributed by atoms with Crippen LogP contribution < -0.4 is 5.32 Å². The molecule has 2 unspecified atom stereocenters. The van der Waals surface area contributed by atoms with Crippen molar-refractivity contribution in [3.8, 4) is 0 Å². The maximum absolute atomic E-state index is 4.48. The number of nitrogens with zero attached hydrogens (tertiary/aromatic N) is 2. The molecular weight excluding hydrogens is 230 g/mol. The number of imidazole rings is 1. The van der Waals surface area contributed by atoms with E-state index in [0.717, 1.165) is 19.4 Å². The van der Waals surface area contributed by atoms with Gasteiger partial charge in [0.1, 0.15) is 5.82 Å². The molecule has 0 aliphatic rings. The zero-order valence-corrected chi connectivity index (χ0v) is 12.3. The van der Waals surface area contributed by atoms with Crippen LogP contribution in [-0.4, -0.2) is 34.6 Å². The predicted octanol–water partition coefficient (Wildman–Crippen LogP) is 2.42. The van der Waals surface area contributed by atoms with Crippen molar-refractivity contribution in [3.05, 3.63) is 18.2 Å². The molecule has 0 bridgehead atoms. The Bertz CT molecular complexity index is 311. The lowest BCUT2D eigenvalue weighted by atomic mass is 10.0. The van der Waals surface area contributed by atoms with Crippen molar-refractivity contribution in [2.24, 2.45) is 5.92 Å². The maximum atomic E-state index is 4.48. The fourth-order valence-electron chi connectivity index (χ4n) is 2.14. The Morgan fingerprint density at radius 2 is 2.29 bits per heavy atom. The van der Waals surface area contributed by atoms with Gasteiger partial charge in [-0.2, -0.15) is 11.8 Å². The van der Waals surface area contributed by atoms with Crippen molar-refractivity contribution in [1.29, 1.82) is 0 Å². The van der Waals surface area contributed by atoms with Crippen LogP contribution in [0.2, 0.25) is 0 Å². The van der Waals surface area contributed by atoms with Gasteiger partial charge in [-0.15, -0.1) is 0 Å². The van der Waals surface area contributed by atoms with Gasteiger partial charge in [0.05, 0.1) is 0 Å². The van der Waals surface area contributed by atoms with Crippen molar-refractivity contribution < 1.29 is 0 Å². The van der Waals surface area contributed by atoms with Crippen LogP contribution in [0.4, 0.5) is 0 Å². The van der Waals surface area contributed by atoms with Gasteiger partial charge in [-0.3, -0.25) is 0 Å². The van der Waals surface area contributed by atoms with Crippen molar-refractivity contribution in [3.63, 3.8) is 0 Å². The summed E-state index contributed by atoms with van der Waals surface area (Å²) in [4.78, 5) is 4.48. The minimum Gasteiger partial charge on any atom is -0.335 e. The van der Waals surface area contributed by atoms with E-state index in [4.69, 9.17) is 0 Å². The standard InChI is InChI=1S/C13H25N3S/c1-5-7-16-8-6-15-13(16)9-12(14-3)11(2)10-17-4/h6,8,11-12,14H,5,7,9-10H2,1-4H3. The highest BCUT2D eigenvalue weighted by Gasteiger charge is 2.17. The van der Waals surface area contributed by atoms with Gasteiger partial charge in [0, 0.05) is 31.4 Å². The molecule has 17 heavy (non-hydrogen) atoms. The van der Waals surface area contributed by atoms with Crippen LogP contribution >= 0.6 is 11.8 Å². The Balaban J connectivity index is 2.63. The Labute approximate surface area is 109 Å². The molecule has 0 aliphatic carbocycles. The summed E-state index contributed by atoms with van der Waals surface area (Å²) in [5.41, 5.74) is 0. The molecule has 1 rings (SSSR count). The third-order valence-electron chi connectivity index (χ3n) is 3.16. The first-order valence-electron chi connectivity index (χ1n) is 6.39. The van der Waals surface area contributed by atoms with E-state index in [2.05, 4.69) is 48.2 Å². The average molecular weight is 255 g/mol. The van der Waals surface area contributed by atoms with E-state index in [0.29, 0.717) is 12.0 Å². The largest absolute Gasteiger partial charge is 0.335 e. The molecular formula is C13H25N3S. The number of nitrogens with one attached hydrogen (secondary N) is 1. The number of aromatic nitrogens is 2. The molecule has 1 aromatic heterocycles. The predicted molar refractivity (Wildman–Crippen MR) is 76.6 cm³/mol. The minimum atomic E-state index is 0.514. The molecule has 0 spiro atoms. The average Bonchev–Trinajstić information content (AvgIpc) is 2.74. The van der Waals surface area contributed by atoms with Crippen molar-refractivity contribution in [1.82, 2.24) is 14.9 Å². The number of thioether (sulfide) groups is 1. The van der Waals surface area contributed by atoms with Crippen LogP contribution in [0.3, 0.4) is 0 Å². The lowest BCUT2D eigenvalue weighted by Gasteiger charge is -2.23. The molecule has 0 saturated heterocycles. The molecule has 1 N–H and O–H groups in total. The zero-order chi connectivity index (χ0) is 12.7. The highest BCUT2D eigenvalue weighted by Crippen LogP contribution is 2.14. The van der Waals surface area contributed by atoms with Gasteiger partial charge in [0.25, 0.3) is 0 Å². The SMILES string of the molecule is CCCn1ccnc1CC(NC)C(C)CSC. The van der Waals surface area contributed by atoms with E-state index in [-0.39, 0.29) is 0 Å². The van der Waals surface area contributed by atoms with Crippen molar-refractivity contribution in [2.75, 3.05) is 19.1 Å². The van der Waals surface area contributed by atoms with Gasteiger partial charge in [0.15, 0.2) is 0 Å². The summed E-state index contributed by atoms with van der Waals surface area (Å²) < 4.78 is 2.27. The molecule has 0 aliphatic heterocycles. The number of hydrogen-bond donors (Lipinski definition) is 1. The summed E-state index contributed by atoms with van der Waals surface area (Å²) in [6.07, 6.45) is 8.35. The third kappa shape index (κ3) is 4.36. The van der Waals surface area contributed by atoms with Gasteiger partial charge >= 0.3 is 0 Å². The summed E-state index contributed by atoms with van der Waals surface area (Å²) in [5.74, 6) is 3.07. The summed E-state index contributed by atoms with van der Waals surface area (Å²) in [7, 11) is 2.05. The number of hydrogen-bond acceptors (Lipinski definition) is 3. The number of aryl methyl sites for hydroxylation is 1. The monoisotopic (exact) mass is 255 g/mol. The highest BCUT2D eigenvalue weighted by molar-refractivity contribution is 7.98. The molecule has 0 radical (unpaired) electrons. The first-order chi connectivity index (χ1) is 8.22. The minimum absolute atomic E-state index is 0.514. The third-order valence-corrected chi connectivity index (χ3v) is 4.02. The van der Waals surface area contributed by atoms with Crippen LogP contribution in [-0.2, 0) is 13.0 Å². The van der Waals surface area contributed by atoms with Gasteiger partial charge in [-0.05, 0) is 31.4 Å². The van der Waals surface area contributed by atoms with Crippen molar-refractivity contribution >= 4 is 11.8 Å². The second-order valence-corrected chi connectivity index (χ2v) is 5.48. The van der Waals surface area contributed by atoms with Gasteiger partial charge in [-0.1, -0.05) is 13.8 Å². The molecule has 1 heterocycles. The van der Waals surface area contributed by atoms with Gasteiger partial charge in [-0.25, -0.2) is 4.98 Å². The molecule has 0 fully saturated rings. The molecule has 3 nitrogen and oxygen atoms in total. The van der Waals surface area contributed by atoms with E-state index in [1.54, 1.807) is 0 Å². The Morgan fingerprint density at radius 3 is 2.88 bits per heavy atom. The van der Waals surface area contributed by atoms with Crippen molar-refractivity contribution in [2.45, 2.75) is 39.3 Å². The van der Waals surface area contributed by atoms with Crippen LogP contribution in [0.1, 0.15) is 26.1 Å². The molecule has 2 atom stereocenters. The van der Waals surface area contributed by atoms with Crippen LogP contribution in [0.5, 0.6) is 0 Å². The normalized spacial score (nSPS) is 14.8. The van der Waals surface area contributed by atoms with E-state index in [1.807, 2.05) is 18.0 Å². The van der Waals surface area contributed by atoms with E-state index in [9.17, 15) is 0 Å². The fraction of sp³-hybridized carbons (Fsp3) is 0.769. The molecule has 0 amide bonds. The van der Waals surface area contributed by atoms with Crippen LogP contribution in [0, 0.1) is 5.92 Å². The highest BCUT2D eigenvalue weighted by atomic mass is 32.2. The Morgan fingerprint density at radius 1 is 1.53 bits per heavy atom. The smallest absolute Gasteiger partial charge is 0.110 e. The first-order valence-corrected chi connectivity index (χ1v) is 7.78. The molecule has 98 valence electrons. The van der Waals surface area contributed by atoms with Gasteiger partial charge < -0.3 is 9.88 Å². The quantitative estimate of drug-likeness (QED) is 0.774. The summed E-state index contributed by atoms with van der Waals surface area (Å²) in [6, 6.07) is 0.514. The Kier molecular flexibility index (Phi) is 6.66. The molecule has 0 saturated carbocycles. The first kappa shape index (κ1) is 14.6. The lowest BCUT2D eigenvalue weighted by molar-refractivity contribution is 0.416. The van der Waals surface area contributed by atoms with Crippen LogP contribution in [0.25, 0.3) is 0 Å². The zero-order valence-electron chi connectivity index (χ0n) is 11.4. The molecule has 0 aromatic carbocycles. The fourth-order valence-corrected chi connectivity index (χ4v) is 2.90. The molecule has 1 aromatic rings. The van der Waals surface area contributed by atoms with E-state index in [1.165, 1.54) is 11.6 Å².